The van der Waals surface area contributed by atoms with Crippen LogP contribution in [0.25, 0.3) is 0 Å². The average molecular weight is 420 g/mol. The number of esters is 2. The van der Waals surface area contributed by atoms with Crippen LogP contribution in [0, 0.1) is 11.3 Å². The van der Waals surface area contributed by atoms with Crippen LogP contribution < -0.4 is 51.4 Å². The number of hydrogen-bond acceptors (Lipinski definition) is 6. The predicted molar refractivity (Wildman–Crippen MR) is 101 cm³/mol. The number of hydrogen-bond donors (Lipinski definition) is 0. The number of nitrogens with zero attached hydrogens (tertiary/aromatic N) is 2. The van der Waals surface area contributed by atoms with Crippen LogP contribution >= 0.6 is 0 Å². The number of ether oxygens (including phenoxy) is 2. The Morgan fingerprint density at radius 2 is 2.08 bits per heavy atom. The molecule has 0 bridgehead atoms. The Morgan fingerprint density at radius 1 is 1.38 bits per heavy atom. The Kier molecular flexibility index (Phi) is 9.15. The Bertz CT molecular complexity index is 699. The van der Waals surface area contributed by atoms with Gasteiger partial charge in [-0.05, 0) is 45.6 Å². The van der Waals surface area contributed by atoms with Crippen molar-refractivity contribution < 1.29 is 89.5 Å². The number of Topliss-reactive ketones (excluding diaryl/α,β-unsaturated/α-hetero) is 1. The number of methoxy groups -OCH3 is 1. The Hall–Kier alpha value is -0.544. The summed E-state index contributed by atoms with van der Waals surface area (Å²) >= 11 is 0. The number of ketones is 1. The van der Waals surface area contributed by atoms with Gasteiger partial charge in [-0.25, -0.2) is 0 Å². The standard InChI is InChI=1S/C18H26N2O5.K.10H/c1-5-25-16(22)9-15(21)12-6-7-14-13(8-12)10-20(19-14)11-18(2,3)17(23)24-4;;;;;;;;;;;/h10,12H,5-9,11H2,1-4H3;;;;;;;;;;;/q;+1;10*-1/i;;10*1+2. The van der Waals surface area contributed by atoms with Crippen LogP contribution in [0.1, 0.15) is 59.1 Å². The Labute approximate surface area is 211 Å². The molecule has 1 atom stereocenters. The summed E-state index contributed by atoms with van der Waals surface area (Å²) < 4.78 is 11.4. The fourth-order valence-electron chi connectivity index (χ4n) is 3.16. The van der Waals surface area contributed by atoms with Crippen LogP contribution in [0.4, 0.5) is 0 Å². The summed E-state index contributed by atoms with van der Waals surface area (Å²) in [6, 6.07) is 0. The predicted octanol–water partition coefficient (Wildman–Crippen LogP) is -0.161. The van der Waals surface area contributed by atoms with E-state index in [-0.39, 0.29) is 96.3 Å². The minimum absolute atomic E-state index is 0. The van der Waals surface area contributed by atoms with E-state index in [9.17, 15) is 14.4 Å². The molecule has 1 unspecified atom stereocenters. The van der Waals surface area contributed by atoms with Crippen molar-refractivity contribution in [3.05, 3.63) is 17.5 Å². The van der Waals surface area contributed by atoms with Crippen LogP contribution in [0.2, 0.25) is 0 Å². The molecule has 2 rings (SSSR count). The summed E-state index contributed by atoms with van der Waals surface area (Å²) in [5.74, 6) is -1.01. The number of aryl methyl sites for hydroxylation is 1. The van der Waals surface area contributed by atoms with Gasteiger partial charge in [-0.3, -0.25) is 19.1 Å². The largest absolute Gasteiger partial charge is 1.00 e. The molecule has 0 saturated heterocycles. The molecule has 158 valence electrons. The molecular formula is C18H36KN2O5-9. The molecule has 0 aliphatic heterocycles. The molecule has 0 saturated carbocycles. The van der Waals surface area contributed by atoms with Gasteiger partial charge < -0.3 is 23.7 Å². The van der Waals surface area contributed by atoms with Crippen LogP contribution in [-0.2, 0) is 43.2 Å². The molecule has 1 aromatic heterocycles. The first-order chi connectivity index (χ1) is 11.8. The number of carbonyl (C=O) groups is 3. The van der Waals surface area contributed by atoms with Gasteiger partial charge >= 0.3 is 63.3 Å². The molecule has 0 aromatic carbocycles. The second-order valence-electron chi connectivity index (χ2n) is 7.06. The van der Waals surface area contributed by atoms with Gasteiger partial charge in [0.05, 0.1) is 31.4 Å². The molecule has 0 N–H and O–H groups in total. The zero-order valence-electron chi connectivity index (χ0n) is 26.3. The molecule has 26 heavy (non-hydrogen) atoms. The van der Waals surface area contributed by atoms with Crippen molar-refractivity contribution in [2.24, 2.45) is 11.3 Å². The molecule has 7 nitrogen and oxygen atoms in total. The van der Waals surface area contributed by atoms with Gasteiger partial charge in [0.25, 0.3) is 0 Å². The van der Waals surface area contributed by atoms with Crippen LogP contribution in [-0.4, -0.2) is 41.2 Å². The molecule has 1 aliphatic rings. The number of aromatic nitrogens is 2. The van der Waals surface area contributed by atoms with E-state index < -0.39 is 11.4 Å². The van der Waals surface area contributed by atoms with Crippen molar-refractivity contribution in [2.75, 3.05) is 13.7 Å². The topological polar surface area (TPSA) is 87.5 Å². The van der Waals surface area contributed by atoms with Crippen LogP contribution in [0.15, 0.2) is 6.20 Å². The second-order valence-corrected chi connectivity index (χ2v) is 7.06. The van der Waals surface area contributed by atoms with Gasteiger partial charge in [-0.2, -0.15) is 5.10 Å². The maximum Gasteiger partial charge on any atom is 1.00 e. The second kappa shape index (κ2) is 10.1. The van der Waals surface area contributed by atoms with E-state index >= 15 is 0 Å². The molecule has 0 amide bonds. The quantitative estimate of drug-likeness (QED) is 0.347. The van der Waals surface area contributed by atoms with Crippen molar-refractivity contribution in [3.63, 3.8) is 0 Å². The number of fused-ring (bicyclic) bond motifs is 1. The van der Waals surface area contributed by atoms with Crippen molar-refractivity contribution in [1.82, 2.24) is 9.78 Å². The minimum Gasteiger partial charge on any atom is -1.00 e. The van der Waals surface area contributed by atoms with Crippen molar-refractivity contribution >= 4 is 17.7 Å². The summed E-state index contributed by atoms with van der Waals surface area (Å²) in [7, 11) is 1.37. The maximum absolute atomic E-state index is 12.3. The molecular weight excluding hydrogens is 363 g/mol. The van der Waals surface area contributed by atoms with Gasteiger partial charge in [0, 0.05) is 12.1 Å². The minimum atomic E-state index is -0.678. The van der Waals surface area contributed by atoms with Gasteiger partial charge in [0.15, 0.2) is 0 Å². The molecule has 0 radical (unpaired) electrons. The molecule has 1 heterocycles. The zero-order chi connectivity index (χ0) is 18.6. The Balaban J connectivity index is -0.0000000768. The molecule has 8 heteroatoms. The monoisotopic (exact) mass is 419 g/mol. The summed E-state index contributed by atoms with van der Waals surface area (Å²) in [6.07, 6.45) is 3.68. The Morgan fingerprint density at radius 3 is 2.69 bits per heavy atom. The van der Waals surface area contributed by atoms with E-state index in [0.717, 1.165) is 11.3 Å². The SMILES string of the molecule is CCOC(=O)CC(=O)C1CCc2nn(CC(C)(C)C(=O)OC)cc2C1.[3H-].[3H-].[3H-].[3H-].[3H-].[3H-].[3H-].[3H-].[3H-].[3H-].[K+]. The van der Waals surface area contributed by atoms with Gasteiger partial charge in [0.1, 0.15) is 12.2 Å². The first-order valence-electron chi connectivity index (χ1n) is 8.58. The fraction of sp³-hybridized carbons (Fsp3) is 0.667. The van der Waals surface area contributed by atoms with E-state index in [2.05, 4.69) is 5.10 Å². The third-order valence-electron chi connectivity index (χ3n) is 4.50. The van der Waals surface area contributed by atoms with Gasteiger partial charge in [-0.1, -0.05) is 0 Å². The summed E-state index contributed by atoms with van der Waals surface area (Å²) in [6.45, 7) is 6.04. The summed E-state index contributed by atoms with van der Waals surface area (Å²) in [4.78, 5) is 35.6. The number of rotatable bonds is 7. The molecule has 1 aliphatic carbocycles. The van der Waals surface area contributed by atoms with E-state index in [1.165, 1.54) is 7.11 Å². The number of carbonyl (C=O) groups excluding carboxylic acids is 3. The van der Waals surface area contributed by atoms with Crippen molar-refractivity contribution in [3.8, 4) is 0 Å². The van der Waals surface area contributed by atoms with E-state index in [0.29, 0.717) is 25.8 Å². The van der Waals surface area contributed by atoms with E-state index in [1.54, 1.807) is 11.6 Å². The smallest absolute Gasteiger partial charge is 1.00 e. The zero-order valence-corrected chi connectivity index (χ0v) is 19.5. The van der Waals surface area contributed by atoms with Gasteiger partial charge in [-0.15, -0.1) is 0 Å². The molecule has 0 spiro atoms. The van der Waals surface area contributed by atoms with Crippen molar-refractivity contribution in [1.29, 1.82) is 0 Å². The van der Waals surface area contributed by atoms with Gasteiger partial charge in [0.2, 0.25) is 0 Å². The van der Waals surface area contributed by atoms with Crippen LogP contribution in [0.3, 0.4) is 0 Å². The normalized spacial score (nSPS) is 16.2. The third-order valence-corrected chi connectivity index (χ3v) is 4.50. The average Bonchev–Trinajstić information content (AvgIpc) is 2.94. The van der Waals surface area contributed by atoms with Crippen LogP contribution in [0.5, 0.6) is 0 Å². The van der Waals surface area contributed by atoms with E-state index in [1.807, 2.05) is 20.0 Å². The first kappa shape index (κ1) is 23.5. The summed E-state index contributed by atoms with van der Waals surface area (Å²) in [5.41, 5.74) is 1.29. The maximum atomic E-state index is 12.3. The molecule has 0 fully saturated rings. The third kappa shape index (κ3) is 5.99. The first-order valence-corrected chi connectivity index (χ1v) is 8.58. The molecule has 1 aromatic rings. The van der Waals surface area contributed by atoms with Crippen molar-refractivity contribution in [2.45, 2.75) is 53.0 Å². The summed E-state index contributed by atoms with van der Waals surface area (Å²) in [5, 5.41) is 4.54. The van der Waals surface area contributed by atoms with E-state index in [4.69, 9.17) is 9.47 Å². The fourth-order valence-corrected chi connectivity index (χ4v) is 3.16.